The van der Waals surface area contributed by atoms with Crippen LogP contribution in [0.25, 0.3) is 0 Å². The summed E-state index contributed by atoms with van der Waals surface area (Å²) < 4.78 is 65.5. The number of amides is 2. The summed E-state index contributed by atoms with van der Waals surface area (Å²) in [4.78, 5) is 42.9. The molecule has 4 heterocycles. The van der Waals surface area contributed by atoms with Crippen LogP contribution in [-0.2, 0) is 72.0 Å². The van der Waals surface area contributed by atoms with Gasteiger partial charge < -0.3 is 47.4 Å². The molecule has 0 radical (unpaired) electrons. The number of esters is 1. The largest absolute Gasteiger partial charge is 0.454 e. The fourth-order valence-corrected chi connectivity index (χ4v) is 8.82. The van der Waals surface area contributed by atoms with E-state index in [1.807, 2.05) is 121 Å². The molecule has 14 nitrogen and oxygen atoms in total. The Hall–Kier alpha value is -5.65. The van der Waals surface area contributed by atoms with E-state index in [1.165, 1.54) is 14.0 Å². The number of nitrogens with zero attached hydrogens (tertiary/aromatic N) is 1. The summed E-state index contributed by atoms with van der Waals surface area (Å²) in [6.45, 7) is 1.75. The molecule has 0 spiro atoms. The van der Waals surface area contributed by atoms with Crippen LogP contribution in [0.3, 0.4) is 0 Å². The van der Waals surface area contributed by atoms with Gasteiger partial charge in [-0.15, -0.1) is 0 Å². The van der Waals surface area contributed by atoms with Crippen LogP contribution in [0.2, 0.25) is 0 Å². The molecule has 11 atom stereocenters. The van der Waals surface area contributed by atoms with Crippen molar-refractivity contribution in [3.05, 3.63) is 179 Å². The fraction of sp³-hybridized carbons (Fsp3) is 0.353. The van der Waals surface area contributed by atoms with Crippen molar-refractivity contribution in [1.29, 1.82) is 0 Å². The van der Waals surface area contributed by atoms with E-state index in [0.717, 1.165) is 27.2 Å². The second kappa shape index (κ2) is 20.7. The zero-order valence-corrected chi connectivity index (χ0v) is 36.0. The van der Waals surface area contributed by atoms with Crippen LogP contribution in [0, 0.1) is 0 Å². The summed E-state index contributed by atoms with van der Waals surface area (Å²) in [6.07, 6.45) is -10.3. The number of hydrogen-bond donors (Lipinski definition) is 0. The number of rotatable bonds is 16. The molecule has 9 rings (SSSR count). The first-order valence-electron chi connectivity index (χ1n) is 21.7. The highest BCUT2D eigenvalue weighted by molar-refractivity contribution is 6.21. The maximum absolute atomic E-state index is 14.3. The Morgan fingerprint density at radius 1 is 0.615 bits per heavy atom. The molecule has 0 aromatic heterocycles. The molecule has 0 aliphatic carbocycles. The van der Waals surface area contributed by atoms with Crippen LogP contribution >= 0.6 is 0 Å². The van der Waals surface area contributed by atoms with Gasteiger partial charge >= 0.3 is 5.97 Å². The van der Waals surface area contributed by atoms with Gasteiger partial charge in [-0.25, -0.2) is 0 Å². The maximum atomic E-state index is 14.3. The number of methoxy groups -OCH3 is 1. The predicted molar refractivity (Wildman–Crippen MR) is 232 cm³/mol. The van der Waals surface area contributed by atoms with Crippen molar-refractivity contribution >= 4 is 17.8 Å². The first-order valence-corrected chi connectivity index (χ1v) is 21.7. The molecule has 65 heavy (non-hydrogen) atoms. The Bertz CT molecular complexity index is 2320. The number of benzene rings is 5. The van der Waals surface area contributed by atoms with Crippen LogP contribution in [0.4, 0.5) is 0 Å². The molecule has 5 aromatic rings. The van der Waals surface area contributed by atoms with Crippen LogP contribution < -0.4 is 0 Å². The van der Waals surface area contributed by atoms with Crippen molar-refractivity contribution < 1.29 is 61.8 Å². The number of ether oxygens (including phenoxy) is 10. The maximum Gasteiger partial charge on any atom is 0.303 e. The van der Waals surface area contributed by atoms with Crippen LogP contribution in [0.5, 0.6) is 0 Å². The third-order valence-corrected chi connectivity index (χ3v) is 11.9. The third-order valence-electron chi connectivity index (χ3n) is 11.9. The van der Waals surface area contributed by atoms with Crippen molar-refractivity contribution in [2.75, 3.05) is 20.3 Å². The molecular weight excluding hydrogens is 835 g/mol. The van der Waals surface area contributed by atoms with Crippen molar-refractivity contribution in [1.82, 2.24) is 4.90 Å². The molecule has 3 saturated heterocycles. The highest BCUT2D eigenvalue weighted by Crippen LogP contribution is 2.41. The molecule has 4 aliphatic rings. The minimum absolute atomic E-state index is 0.0463. The van der Waals surface area contributed by atoms with Crippen LogP contribution in [0.1, 0.15) is 56.2 Å². The Morgan fingerprint density at radius 2 is 1.15 bits per heavy atom. The molecule has 338 valence electrons. The quantitative estimate of drug-likeness (QED) is 0.0779. The Balaban J connectivity index is 1.10. The monoisotopic (exact) mass is 885 g/mol. The summed E-state index contributed by atoms with van der Waals surface area (Å²) in [5, 5.41) is 0. The van der Waals surface area contributed by atoms with Gasteiger partial charge in [-0.2, -0.15) is 0 Å². The number of hydrogen-bond acceptors (Lipinski definition) is 13. The molecule has 4 aliphatic heterocycles. The zero-order chi connectivity index (χ0) is 44.7. The fourth-order valence-electron chi connectivity index (χ4n) is 8.82. The predicted octanol–water partition coefficient (Wildman–Crippen LogP) is 6.57. The van der Waals surface area contributed by atoms with E-state index in [2.05, 4.69) is 0 Å². The van der Waals surface area contributed by atoms with E-state index in [9.17, 15) is 14.4 Å². The molecule has 5 aromatic carbocycles. The number of fused-ring (bicyclic) bond motifs is 2. The normalized spacial score (nSPS) is 28.6. The summed E-state index contributed by atoms with van der Waals surface area (Å²) in [7, 11) is 1.44. The Kier molecular flexibility index (Phi) is 14.2. The Labute approximate surface area is 377 Å². The average Bonchev–Trinajstić information content (AvgIpc) is 3.59. The molecule has 3 fully saturated rings. The van der Waals surface area contributed by atoms with E-state index < -0.39 is 85.4 Å². The van der Waals surface area contributed by atoms with E-state index in [-0.39, 0.29) is 44.2 Å². The molecule has 1 unspecified atom stereocenters. The first-order chi connectivity index (χ1) is 31.9. The minimum atomic E-state index is -1.35. The zero-order valence-electron chi connectivity index (χ0n) is 36.0. The summed E-state index contributed by atoms with van der Waals surface area (Å²) in [5.74, 6) is -1.70. The van der Waals surface area contributed by atoms with Crippen molar-refractivity contribution in [3.63, 3.8) is 0 Å². The van der Waals surface area contributed by atoms with Crippen molar-refractivity contribution in [2.45, 2.75) is 94.4 Å². The van der Waals surface area contributed by atoms with Gasteiger partial charge in [0.2, 0.25) is 0 Å². The molecular formula is C51H51NO13. The van der Waals surface area contributed by atoms with Gasteiger partial charge in [-0.05, 0) is 28.8 Å². The number of carbonyl (C=O) groups excluding carboxylic acids is 3. The van der Waals surface area contributed by atoms with Gasteiger partial charge in [0.15, 0.2) is 25.0 Å². The lowest BCUT2D eigenvalue weighted by molar-refractivity contribution is -0.387. The second-order valence-corrected chi connectivity index (χ2v) is 16.2. The smallest absolute Gasteiger partial charge is 0.303 e. The third kappa shape index (κ3) is 9.97. The van der Waals surface area contributed by atoms with Crippen molar-refractivity contribution in [2.24, 2.45) is 0 Å². The van der Waals surface area contributed by atoms with Crippen LogP contribution in [0.15, 0.2) is 146 Å². The molecule has 0 N–H and O–H groups in total. The SMILES string of the molecule is CO[C@@H]1O[C@H](COCc2ccccc2)[C@@H](O[C@@H]2O[C@@H]3COC(c4ccccc4)O[C@@H]3[C@@H](OCc3ccccc3)[C@@H]2OC(C)=O)[C@H](OCc2ccccc2)[C@H]1N1C(=O)c2ccccc2C1=O. The van der Waals surface area contributed by atoms with Gasteiger partial charge in [-0.1, -0.05) is 133 Å². The van der Waals surface area contributed by atoms with Crippen molar-refractivity contribution in [3.8, 4) is 0 Å². The second-order valence-electron chi connectivity index (χ2n) is 16.2. The van der Waals surface area contributed by atoms with Gasteiger partial charge in [0.25, 0.3) is 11.8 Å². The minimum Gasteiger partial charge on any atom is -0.454 e. The lowest BCUT2D eigenvalue weighted by atomic mass is 9.93. The number of imide groups is 1. The molecule has 2 amide bonds. The lowest BCUT2D eigenvalue weighted by Crippen LogP contribution is -2.69. The Morgan fingerprint density at radius 3 is 1.72 bits per heavy atom. The van der Waals surface area contributed by atoms with Gasteiger partial charge in [0, 0.05) is 19.6 Å². The van der Waals surface area contributed by atoms with E-state index in [4.69, 9.17) is 47.4 Å². The van der Waals surface area contributed by atoms with Gasteiger partial charge in [0.05, 0.1) is 44.2 Å². The lowest BCUT2D eigenvalue weighted by Gasteiger charge is -2.52. The topological polar surface area (TPSA) is 147 Å². The summed E-state index contributed by atoms with van der Waals surface area (Å²) >= 11 is 0. The highest BCUT2D eigenvalue weighted by Gasteiger charge is 2.59. The summed E-state index contributed by atoms with van der Waals surface area (Å²) in [6, 6.07) is 43.7. The molecule has 0 bridgehead atoms. The summed E-state index contributed by atoms with van der Waals surface area (Å²) in [5.41, 5.74) is 3.88. The first kappa shape index (κ1) is 44.5. The average molecular weight is 886 g/mol. The standard InChI is InChI=1S/C51H51NO13/c1-32(53)61-46-45(59-29-35-21-11-5-12-22-35)43-40(31-60-49(64-43)36-23-13-6-14-24-36)63-51(46)65-42-39(30-57-27-33-17-7-3-8-18-33)62-50(56-2)41(44(42)58-28-34-19-9-4-10-20-34)52-47(54)37-25-15-16-26-38(37)48(52)55/h3-26,39-46,49-51H,27-31H2,1-2H3/t39-,40-,41-,42-,43+,44-,45-,46+,49?,50-,51+/m1/s1. The van der Waals surface area contributed by atoms with E-state index >= 15 is 0 Å². The van der Waals surface area contributed by atoms with E-state index in [0.29, 0.717) is 0 Å². The highest BCUT2D eigenvalue weighted by atomic mass is 16.8. The van der Waals surface area contributed by atoms with Crippen LogP contribution in [-0.4, -0.2) is 104 Å². The molecule has 0 saturated carbocycles. The molecule has 14 heteroatoms. The number of carbonyl (C=O) groups is 3. The van der Waals surface area contributed by atoms with Gasteiger partial charge in [-0.3, -0.25) is 19.3 Å². The van der Waals surface area contributed by atoms with E-state index in [1.54, 1.807) is 24.3 Å². The van der Waals surface area contributed by atoms with Gasteiger partial charge in [0.1, 0.15) is 42.7 Å².